The van der Waals surface area contributed by atoms with E-state index in [1.54, 1.807) is 4.90 Å². The van der Waals surface area contributed by atoms with Crippen molar-refractivity contribution in [2.24, 2.45) is 5.92 Å². The van der Waals surface area contributed by atoms with Crippen molar-refractivity contribution in [3.63, 3.8) is 0 Å². The molecular weight excluding hydrogens is 332 g/mol. The maximum atomic E-state index is 12.5. The number of urea groups is 1. The van der Waals surface area contributed by atoms with Gasteiger partial charge in [-0.15, -0.1) is 0 Å². The fourth-order valence-corrected chi connectivity index (χ4v) is 3.24. The number of nitrogens with zero attached hydrogens (tertiary/aromatic N) is 3. The van der Waals surface area contributed by atoms with E-state index in [1.807, 2.05) is 26.1 Å². The highest BCUT2D eigenvalue weighted by atomic mass is 16.4. The number of aromatic nitrogens is 1. The van der Waals surface area contributed by atoms with Crippen LogP contribution in [0.5, 0.6) is 0 Å². The summed E-state index contributed by atoms with van der Waals surface area (Å²) < 4.78 is 0. The van der Waals surface area contributed by atoms with Crippen molar-refractivity contribution in [2.45, 2.75) is 46.2 Å². The minimum atomic E-state index is -0.883. The summed E-state index contributed by atoms with van der Waals surface area (Å²) in [7, 11) is 0. The molecule has 1 fully saturated rings. The number of amides is 2. The van der Waals surface area contributed by atoms with Gasteiger partial charge in [-0.05, 0) is 30.9 Å². The summed E-state index contributed by atoms with van der Waals surface area (Å²) in [5.74, 6) is -0.551. The van der Waals surface area contributed by atoms with Gasteiger partial charge in [0.05, 0.1) is 12.1 Å². The summed E-state index contributed by atoms with van der Waals surface area (Å²) in [4.78, 5) is 32.0. The van der Waals surface area contributed by atoms with Crippen LogP contribution in [0, 0.1) is 12.8 Å². The third-order valence-corrected chi connectivity index (χ3v) is 4.66. The Balaban J connectivity index is 1.83. The topological polar surface area (TPSA) is 85.8 Å². The zero-order valence-electron chi connectivity index (χ0n) is 15.9. The third-order valence-electron chi connectivity index (χ3n) is 4.66. The number of hydrogen-bond donors (Lipinski definition) is 2. The van der Waals surface area contributed by atoms with Crippen molar-refractivity contribution in [1.29, 1.82) is 0 Å². The normalized spacial score (nSPS) is 16.5. The lowest BCUT2D eigenvalue weighted by Gasteiger charge is -2.35. The van der Waals surface area contributed by atoms with E-state index in [-0.39, 0.29) is 18.5 Å². The second-order valence-electron chi connectivity index (χ2n) is 7.40. The first-order chi connectivity index (χ1) is 12.3. The van der Waals surface area contributed by atoms with Gasteiger partial charge in [0.1, 0.15) is 0 Å². The predicted molar refractivity (Wildman–Crippen MR) is 99.9 cm³/mol. The lowest BCUT2D eigenvalue weighted by molar-refractivity contribution is -0.137. The molecule has 7 heteroatoms. The van der Waals surface area contributed by atoms with Crippen molar-refractivity contribution in [3.05, 3.63) is 29.6 Å². The highest BCUT2D eigenvalue weighted by molar-refractivity contribution is 5.76. The van der Waals surface area contributed by atoms with Gasteiger partial charge in [-0.25, -0.2) is 4.79 Å². The van der Waals surface area contributed by atoms with E-state index in [0.717, 1.165) is 25.3 Å². The summed E-state index contributed by atoms with van der Waals surface area (Å²) in [6.45, 7) is 9.76. The molecule has 144 valence electrons. The monoisotopic (exact) mass is 362 g/mol. The van der Waals surface area contributed by atoms with Gasteiger partial charge in [-0.1, -0.05) is 19.9 Å². The molecule has 1 aliphatic rings. The van der Waals surface area contributed by atoms with E-state index in [1.165, 1.54) is 5.56 Å². The number of hydrogen-bond acceptors (Lipinski definition) is 4. The standard InChI is InChI=1S/C19H30N4O3/c1-14(2)11-16(12-18(24)25)21-19(26)23-9-7-22(8-10-23)13-17-15(3)5-4-6-20-17/h4-6,14,16H,7-13H2,1-3H3,(H,21,26)(H,24,25)/t16-/m0/s1. The van der Waals surface area contributed by atoms with Gasteiger partial charge in [-0.3, -0.25) is 14.7 Å². The molecule has 0 saturated carbocycles. The number of aliphatic carboxylic acids is 1. The van der Waals surface area contributed by atoms with Gasteiger partial charge in [0, 0.05) is 45.0 Å². The Morgan fingerprint density at radius 3 is 2.54 bits per heavy atom. The number of carboxylic acid groups (broad SMARTS) is 1. The van der Waals surface area contributed by atoms with E-state index < -0.39 is 5.97 Å². The zero-order valence-corrected chi connectivity index (χ0v) is 15.9. The van der Waals surface area contributed by atoms with Crippen LogP contribution in [0.4, 0.5) is 4.79 Å². The first-order valence-corrected chi connectivity index (χ1v) is 9.25. The van der Waals surface area contributed by atoms with Gasteiger partial charge in [0.25, 0.3) is 0 Å². The highest BCUT2D eigenvalue weighted by Gasteiger charge is 2.24. The number of carboxylic acids is 1. The van der Waals surface area contributed by atoms with Crippen LogP contribution in [0.3, 0.4) is 0 Å². The van der Waals surface area contributed by atoms with E-state index in [2.05, 4.69) is 28.2 Å². The molecule has 1 aromatic rings. The molecule has 0 spiro atoms. The molecule has 1 atom stereocenters. The van der Waals surface area contributed by atoms with Crippen LogP contribution >= 0.6 is 0 Å². The summed E-state index contributed by atoms with van der Waals surface area (Å²) in [6, 6.07) is 3.51. The van der Waals surface area contributed by atoms with Crippen molar-refractivity contribution in [3.8, 4) is 0 Å². The molecule has 0 radical (unpaired) electrons. The second-order valence-corrected chi connectivity index (χ2v) is 7.40. The molecule has 1 aliphatic heterocycles. The molecule has 26 heavy (non-hydrogen) atoms. The van der Waals surface area contributed by atoms with Crippen molar-refractivity contribution in [1.82, 2.24) is 20.1 Å². The third kappa shape index (κ3) is 6.29. The van der Waals surface area contributed by atoms with Gasteiger partial charge >= 0.3 is 12.0 Å². The van der Waals surface area contributed by atoms with Crippen LogP contribution in [0.1, 0.15) is 37.9 Å². The average molecular weight is 362 g/mol. The molecule has 0 bridgehead atoms. The van der Waals surface area contributed by atoms with Crippen LogP contribution in [-0.2, 0) is 11.3 Å². The highest BCUT2D eigenvalue weighted by Crippen LogP contribution is 2.12. The number of rotatable bonds is 7. The van der Waals surface area contributed by atoms with Crippen molar-refractivity contribution < 1.29 is 14.7 Å². The van der Waals surface area contributed by atoms with Gasteiger partial charge < -0.3 is 15.3 Å². The SMILES string of the molecule is Cc1cccnc1CN1CCN(C(=O)N[C@H](CC(=O)O)CC(C)C)CC1. The maximum Gasteiger partial charge on any atom is 0.317 e. The largest absolute Gasteiger partial charge is 0.481 e. The number of carbonyl (C=O) groups excluding carboxylic acids is 1. The van der Waals surface area contributed by atoms with Crippen molar-refractivity contribution in [2.75, 3.05) is 26.2 Å². The van der Waals surface area contributed by atoms with Crippen LogP contribution in [-0.4, -0.2) is 64.1 Å². The van der Waals surface area contributed by atoms with Crippen molar-refractivity contribution >= 4 is 12.0 Å². The van der Waals surface area contributed by atoms with Crippen LogP contribution < -0.4 is 5.32 Å². The van der Waals surface area contributed by atoms with E-state index >= 15 is 0 Å². The molecule has 2 N–H and O–H groups in total. The molecule has 1 saturated heterocycles. The Bertz CT molecular complexity index is 613. The number of nitrogens with one attached hydrogen (secondary N) is 1. The Hall–Kier alpha value is -2.15. The van der Waals surface area contributed by atoms with Crippen LogP contribution in [0.25, 0.3) is 0 Å². The van der Waals surface area contributed by atoms with Gasteiger partial charge in [-0.2, -0.15) is 0 Å². The zero-order chi connectivity index (χ0) is 19.1. The predicted octanol–water partition coefficient (Wildman–Crippen LogP) is 2.11. The minimum Gasteiger partial charge on any atom is -0.481 e. The van der Waals surface area contributed by atoms with E-state index in [0.29, 0.717) is 25.4 Å². The summed E-state index contributed by atoms with van der Waals surface area (Å²) in [6.07, 6.45) is 2.43. The number of piperazine rings is 1. The Morgan fingerprint density at radius 2 is 1.96 bits per heavy atom. The van der Waals surface area contributed by atoms with Gasteiger partial charge in [0.15, 0.2) is 0 Å². The number of aryl methyl sites for hydroxylation is 1. The van der Waals surface area contributed by atoms with E-state index in [4.69, 9.17) is 5.11 Å². The smallest absolute Gasteiger partial charge is 0.317 e. The Labute approximate surface area is 155 Å². The fourth-order valence-electron chi connectivity index (χ4n) is 3.24. The molecular formula is C19H30N4O3. The molecule has 0 aliphatic carbocycles. The number of pyridine rings is 1. The maximum absolute atomic E-state index is 12.5. The molecule has 2 amide bonds. The molecule has 0 aromatic carbocycles. The first-order valence-electron chi connectivity index (χ1n) is 9.25. The lowest BCUT2D eigenvalue weighted by atomic mass is 10.0. The molecule has 1 aromatic heterocycles. The first kappa shape index (κ1) is 20.2. The van der Waals surface area contributed by atoms with Crippen LogP contribution in [0.15, 0.2) is 18.3 Å². The fraction of sp³-hybridized carbons (Fsp3) is 0.632. The summed E-state index contributed by atoms with van der Waals surface area (Å²) in [5.41, 5.74) is 2.25. The molecule has 2 rings (SSSR count). The molecule has 7 nitrogen and oxygen atoms in total. The molecule has 2 heterocycles. The summed E-state index contributed by atoms with van der Waals surface area (Å²) in [5, 5.41) is 11.9. The second kappa shape index (κ2) is 9.52. The number of carbonyl (C=O) groups is 2. The lowest BCUT2D eigenvalue weighted by Crippen LogP contribution is -2.53. The van der Waals surface area contributed by atoms with E-state index in [9.17, 15) is 9.59 Å². The Morgan fingerprint density at radius 1 is 1.27 bits per heavy atom. The molecule has 0 unspecified atom stereocenters. The average Bonchev–Trinajstić information content (AvgIpc) is 2.56. The van der Waals surface area contributed by atoms with Crippen LogP contribution in [0.2, 0.25) is 0 Å². The quantitative estimate of drug-likeness (QED) is 0.776. The van der Waals surface area contributed by atoms with Gasteiger partial charge in [0.2, 0.25) is 0 Å². The Kier molecular flexibility index (Phi) is 7.38. The summed E-state index contributed by atoms with van der Waals surface area (Å²) >= 11 is 0. The minimum absolute atomic E-state index is 0.0389.